The molecule has 66 valence electrons. The van der Waals surface area contributed by atoms with E-state index in [0.29, 0.717) is 11.4 Å². The lowest BCUT2D eigenvalue weighted by molar-refractivity contribution is 1.22. The highest BCUT2D eigenvalue weighted by atomic mass is 14.1. The van der Waals surface area contributed by atoms with Crippen LogP contribution in [0, 0.1) is 0 Å². The van der Waals surface area contributed by atoms with Crippen LogP contribution in [0.15, 0.2) is 12.1 Å². The molecule has 0 aromatic heterocycles. The summed E-state index contributed by atoms with van der Waals surface area (Å²) < 4.78 is 0. The van der Waals surface area contributed by atoms with Gasteiger partial charge in [0.1, 0.15) is 47.1 Å². The predicted molar refractivity (Wildman–Crippen MR) is 82.5 cm³/mol. The molecule has 0 saturated carbocycles. The Kier molecular flexibility index (Phi) is 3.69. The van der Waals surface area contributed by atoms with Gasteiger partial charge in [0.15, 0.2) is 0 Å². The van der Waals surface area contributed by atoms with E-state index in [0.717, 1.165) is 0 Å². The molecule has 14 heavy (non-hydrogen) atoms. The molecule has 1 rings (SSSR count). The molecule has 0 aliphatic carbocycles. The summed E-state index contributed by atoms with van der Waals surface area (Å²) in [6.45, 7) is 0. The summed E-state index contributed by atoms with van der Waals surface area (Å²) in [7, 11) is 13.5. The maximum absolute atomic E-state index is 2.36. The fraction of sp³-hybridized carbons (Fsp3) is 0.250. The van der Waals surface area contributed by atoms with Gasteiger partial charge in [0, 0.05) is 0 Å². The molecule has 0 amide bonds. The smallest absolute Gasteiger partial charge is 0.0949 e. The van der Waals surface area contributed by atoms with Crippen molar-refractivity contribution in [1.82, 2.24) is 0 Å². The first-order valence-electron chi connectivity index (χ1n) is 5.54. The topological polar surface area (TPSA) is 0 Å². The van der Waals surface area contributed by atoms with Crippen LogP contribution in [-0.4, -0.2) is 47.1 Å². The van der Waals surface area contributed by atoms with E-state index in [1.165, 1.54) is 22.1 Å². The molecule has 0 bridgehead atoms. The Hall–Kier alpha value is -0.390. The summed E-state index contributed by atoms with van der Waals surface area (Å²) >= 11 is 0. The molecule has 0 atom stereocenters. The molecule has 1 aromatic carbocycles. The highest BCUT2D eigenvalue weighted by molar-refractivity contribution is 6.49. The Morgan fingerprint density at radius 1 is 0.714 bits per heavy atom. The monoisotopic (exact) mass is 178 g/mol. The molecule has 0 nitrogen and oxygen atoms in total. The third-order valence-corrected chi connectivity index (χ3v) is 2.94. The van der Waals surface area contributed by atoms with Crippen LogP contribution in [0.3, 0.4) is 0 Å². The van der Waals surface area contributed by atoms with Crippen molar-refractivity contribution in [2.75, 3.05) is 0 Å². The number of hydrogen-bond donors (Lipinski definition) is 0. The van der Waals surface area contributed by atoms with Crippen LogP contribution in [0.5, 0.6) is 0 Å². The van der Waals surface area contributed by atoms with Crippen LogP contribution in [0.1, 0.15) is 22.6 Å². The Bertz CT molecular complexity index is 300. The van der Waals surface area contributed by atoms with Crippen molar-refractivity contribution in [3.63, 3.8) is 0 Å². The molecule has 0 fully saturated rings. The van der Waals surface area contributed by atoms with Crippen molar-refractivity contribution >= 4 is 58.0 Å². The van der Waals surface area contributed by atoms with Crippen LogP contribution < -0.4 is 10.9 Å². The quantitative estimate of drug-likeness (QED) is 0.396. The van der Waals surface area contributed by atoms with Gasteiger partial charge in [-0.3, -0.25) is 0 Å². The SMILES string of the molecule is Bc1cc(C(B)B)c(C(B)B)cc1B. The molecule has 0 saturated heterocycles. The van der Waals surface area contributed by atoms with Crippen LogP contribution in [0.2, 0.25) is 0 Å². The summed E-state index contributed by atoms with van der Waals surface area (Å²) in [6.07, 6.45) is 0. The predicted octanol–water partition coefficient (Wildman–Crippen LogP) is -5.27. The molecule has 0 aliphatic rings. The normalized spacial score (nSPS) is 11.0. The van der Waals surface area contributed by atoms with Gasteiger partial charge in [-0.2, -0.15) is 0 Å². The first-order chi connectivity index (χ1) is 6.43. The van der Waals surface area contributed by atoms with Crippen LogP contribution in [0.4, 0.5) is 0 Å². The van der Waals surface area contributed by atoms with Crippen molar-refractivity contribution < 1.29 is 0 Å². The molecule has 6 heteroatoms. The van der Waals surface area contributed by atoms with Crippen molar-refractivity contribution in [2.45, 2.75) is 11.4 Å². The summed E-state index contributed by atoms with van der Waals surface area (Å²) in [5.74, 6) is 0. The largest absolute Gasteiger partial charge is 0.138 e. The van der Waals surface area contributed by atoms with Crippen molar-refractivity contribution in [3.05, 3.63) is 23.3 Å². The second kappa shape index (κ2) is 4.42. The number of benzene rings is 1. The molecule has 0 aliphatic heterocycles. The zero-order valence-electron chi connectivity index (χ0n) is 10.3. The van der Waals surface area contributed by atoms with Crippen LogP contribution in [-0.2, 0) is 0 Å². The van der Waals surface area contributed by atoms with Crippen LogP contribution in [0.25, 0.3) is 0 Å². The summed E-state index contributed by atoms with van der Waals surface area (Å²) in [5, 5.41) is 0. The minimum absolute atomic E-state index is 0.631. The molecule has 0 N–H and O–H groups in total. The highest BCUT2D eigenvalue weighted by Gasteiger charge is 2.10. The zero-order valence-corrected chi connectivity index (χ0v) is 10.3. The Labute approximate surface area is 93.1 Å². The van der Waals surface area contributed by atoms with Gasteiger partial charge >= 0.3 is 0 Å². The fourth-order valence-corrected chi connectivity index (χ4v) is 1.86. The molecule has 0 unspecified atom stereocenters. The first kappa shape index (κ1) is 11.7. The van der Waals surface area contributed by atoms with Crippen molar-refractivity contribution in [2.24, 2.45) is 0 Å². The second-order valence-corrected chi connectivity index (χ2v) is 4.87. The Morgan fingerprint density at radius 2 is 1.00 bits per heavy atom. The van der Waals surface area contributed by atoms with Gasteiger partial charge in [0.2, 0.25) is 0 Å². The van der Waals surface area contributed by atoms with E-state index in [2.05, 4.69) is 59.2 Å². The van der Waals surface area contributed by atoms with Crippen molar-refractivity contribution in [3.8, 4) is 0 Å². The van der Waals surface area contributed by atoms with E-state index < -0.39 is 0 Å². The zero-order chi connectivity index (χ0) is 10.9. The lowest BCUT2D eigenvalue weighted by Gasteiger charge is -2.18. The minimum Gasteiger partial charge on any atom is -0.0949 e. The molecular formula is C8H16B6. The third-order valence-electron chi connectivity index (χ3n) is 2.94. The third kappa shape index (κ3) is 2.34. The summed E-state index contributed by atoms with van der Waals surface area (Å²) in [4.78, 5) is 0. The van der Waals surface area contributed by atoms with Crippen LogP contribution >= 0.6 is 0 Å². The molecule has 1 aromatic rings. The average molecular weight is 177 g/mol. The number of hydrogen-bond acceptors (Lipinski definition) is 0. The second-order valence-electron chi connectivity index (χ2n) is 4.87. The lowest BCUT2D eigenvalue weighted by atomic mass is 9.57. The first-order valence-corrected chi connectivity index (χ1v) is 5.54. The molecule has 0 spiro atoms. The number of rotatable bonds is 2. The van der Waals surface area contributed by atoms with E-state index >= 15 is 0 Å². The fourth-order valence-electron chi connectivity index (χ4n) is 1.86. The van der Waals surface area contributed by atoms with E-state index in [1.54, 1.807) is 0 Å². The lowest BCUT2D eigenvalue weighted by Crippen LogP contribution is -2.28. The average Bonchev–Trinajstić information content (AvgIpc) is 2.08. The van der Waals surface area contributed by atoms with Gasteiger partial charge in [-0.1, -0.05) is 45.6 Å². The van der Waals surface area contributed by atoms with E-state index in [4.69, 9.17) is 0 Å². The maximum atomic E-state index is 2.36. The molecular weight excluding hydrogens is 161 g/mol. The van der Waals surface area contributed by atoms with Gasteiger partial charge in [-0.05, 0) is 0 Å². The van der Waals surface area contributed by atoms with Gasteiger partial charge in [-0.15, -0.1) is 0 Å². The summed E-state index contributed by atoms with van der Waals surface area (Å²) in [6, 6.07) is 4.71. The minimum atomic E-state index is 0.631. The highest BCUT2D eigenvalue weighted by Crippen LogP contribution is 2.18. The van der Waals surface area contributed by atoms with E-state index in [-0.39, 0.29) is 0 Å². The van der Waals surface area contributed by atoms with E-state index in [9.17, 15) is 0 Å². The van der Waals surface area contributed by atoms with Gasteiger partial charge in [-0.25, -0.2) is 0 Å². The Morgan fingerprint density at radius 3 is 1.21 bits per heavy atom. The molecule has 0 radical (unpaired) electrons. The summed E-state index contributed by atoms with van der Waals surface area (Å²) in [5.41, 5.74) is 7.13. The van der Waals surface area contributed by atoms with Gasteiger partial charge < -0.3 is 0 Å². The van der Waals surface area contributed by atoms with Gasteiger partial charge in [0.25, 0.3) is 0 Å². The standard InChI is InChI=1S/C8H16B6/c9-5-1-3(7(11)12)4(8(13)14)2-6(5)10/h1-2,7-8H,9-14H2. The Balaban J connectivity index is 3.31. The maximum Gasteiger partial charge on any atom is 0.138 e. The molecule has 0 heterocycles. The van der Waals surface area contributed by atoms with E-state index in [1.807, 2.05) is 0 Å². The van der Waals surface area contributed by atoms with Gasteiger partial charge in [0.05, 0.1) is 0 Å². The van der Waals surface area contributed by atoms with Crippen molar-refractivity contribution in [1.29, 1.82) is 0 Å².